The van der Waals surface area contributed by atoms with Gasteiger partial charge in [-0.2, -0.15) is 11.8 Å². The van der Waals surface area contributed by atoms with Crippen molar-refractivity contribution >= 4 is 30.0 Å². The van der Waals surface area contributed by atoms with Crippen molar-refractivity contribution in [1.82, 2.24) is 10.6 Å². The Kier molecular flexibility index (Phi) is 9.08. The molecule has 3 N–H and O–H groups in total. The minimum atomic E-state index is -1.06. The van der Waals surface area contributed by atoms with E-state index in [2.05, 4.69) is 10.6 Å². The second kappa shape index (κ2) is 9.76. The maximum atomic E-state index is 11.4. The molecule has 0 saturated carbocycles. The van der Waals surface area contributed by atoms with E-state index in [1.807, 2.05) is 13.8 Å². The maximum Gasteiger partial charge on any atom is 0.326 e. The highest BCUT2D eigenvalue weighted by Gasteiger charge is 2.15. The maximum absolute atomic E-state index is 11.4. The molecule has 0 radical (unpaired) electrons. The van der Waals surface area contributed by atoms with Gasteiger partial charge < -0.3 is 15.7 Å². The molecule has 104 valence electrons. The number of rotatable bonds is 10. The predicted molar refractivity (Wildman–Crippen MR) is 70.5 cm³/mol. The molecule has 0 aliphatic heterocycles. The molecule has 7 heteroatoms. The smallest absolute Gasteiger partial charge is 0.326 e. The fourth-order valence-corrected chi connectivity index (χ4v) is 1.96. The van der Waals surface area contributed by atoms with Crippen LogP contribution in [-0.2, 0) is 14.4 Å². The van der Waals surface area contributed by atoms with Crippen LogP contribution >= 0.6 is 11.8 Å². The van der Waals surface area contributed by atoms with Gasteiger partial charge in [0.05, 0.1) is 5.75 Å². The Bertz CT molecular complexity index is 286. The first-order valence-corrected chi connectivity index (χ1v) is 6.96. The fourth-order valence-electron chi connectivity index (χ4n) is 1.14. The first kappa shape index (κ1) is 16.8. The molecule has 0 aromatic carbocycles. The third kappa shape index (κ3) is 7.94. The Hall–Kier alpha value is -1.24. The van der Waals surface area contributed by atoms with Gasteiger partial charge in [-0.15, -0.1) is 0 Å². The summed E-state index contributed by atoms with van der Waals surface area (Å²) in [6.45, 7) is 3.91. The zero-order valence-electron chi connectivity index (χ0n) is 10.6. The van der Waals surface area contributed by atoms with E-state index in [4.69, 9.17) is 5.11 Å². The molecule has 0 bridgehead atoms. The Morgan fingerprint density at radius 3 is 2.61 bits per heavy atom. The molecule has 0 rings (SSSR count). The Labute approximate surface area is 111 Å². The van der Waals surface area contributed by atoms with Gasteiger partial charge in [-0.25, -0.2) is 4.79 Å². The van der Waals surface area contributed by atoms with E-state index in [-0.39, 0.29) is 11.9 Å². The minimum absolute atomic E-state index is 0.0513. The van der Waals surface area contributed by atoms with Crippen LogP contribution in [0.25, 0.3) is 0 Å². The van der Waals surface area contributed by atoms with Crippen molar-refractivity contribution in [2.45, 2.75) is 38.8 Å². The molecule has 2 atom stereocenters. The third-order valence-electron chi connectivity index (χ3n) is 2.37. The number of thioether (sulfide) groups is 1. The van der Waals surface area contributed by atoms with Crippen LogP contribution in [-0.4, -0.2) is 47.0 Å². The van der Waals surface area contributed by atoms with E-state index < -0.39 is 12.0 Å². The van der Waals surface area contributed by atoms with Gasteiger partial charge in [0.15, 0.2) is 0 Å². The Morgan fingerprint density at radius 1 is 1.44 bits per heavy atom. The topological polar surface area (TPSA) is 95.5 Å². The molecule has 0 aliphatic carbocycles. The number of amides is 2. The highest BCUT2D eigenvalue weighted by molar-refractivity contribution is 7.99. The van der Waals surface area contributed by atoms with Gasteiger partial charge in [0.2, 0.25) is 12.3 Å². The predicted octanol–water partition coefficient (Wildman–Crippen LogP) is 0.224. The van der Waals surface area contributed by atoms with E-state index in [1.165, 1.54) is 11.8 Å². The summed E-state index contributed by atoms with van der Waals surface area (Å²) < 4.78 is 0. The van der Waals surface area contributed by atoms with Crippen LogP contribution in [0.5, 0.6) is 0 Å². The number of carboxylic acids is 1. The van der Waals surface area contributed by atoms with Gasteiger partial charge in [0, 0.05) is 6.04 Å². The SMILES string of the molecule is CCC(C)NC(=O)CSCCC(NC=O)C(=O)O. The molecule has 0 aromatic heterocycles. The lowest BCUT2D eigenvalue weighted by molar-refractivity contribution is -0.140. The van der Waals surface area contributed by atoms with Crippen LogP contribution in [0, 0.1) is 0 Å². The summed E-state index contributed by atoms with van der Waals surface area (Å²) in [5.41, 5.74) is 0. The number of carbonyl (C=O) groups excluding carboxylic acids is 2. The van der Waals surface area contributed by atoms with E-state index in [0.29, 0.717) is 24.3 Å². The molecule has 0 saturated heterocycles. The molecule has 0 fully saturated rings. The Balaban J connectivity index is 3.74. The molecule has 0 aliphatic rings. The quantitative estimate of drug-likeness (QED) is 0.392. The minimum Gasteiger partial charge on any atom is -0.480 e. The highest BCUT2D eigenvalue weighted by Crippen LogP contribution is 2.05. The number of hydrogen-bond donors (Lipinski definition) is 3. The first-order valence-electron chi connectivity index (χ1n) is 5.80. The number of hydrogen-bond acceptors (Lipinski definition) is 4. The number of carbonyl (C=O) groups is 3. The monoisotopic (exact) mass is 276 g/mol. The summed E-state index contributed by atoms with van der Waals surface area (Å²) in [5, 5.41) is 13.8. The first-order chi connectivity index (χ1) is 8.51. The van der Waals surface area contributed by atoms with Gasteiger partial charge in [-0.05, 0) is 25.5 Å². The van der Waals surface area contributed by atoms with Gasteiger partial charge in [-0.3, -0.25) is 9.59 Å². The normalized spacial score (nSPS) is 13.4. The van der Waals surface area contributed by atoms with E-state index in [1.54, 1.807) is 0 Å². The van der Waals surface area contributed by atoms with Gasteiger partial charge in [0.1, 0.15) is 6.04 Å². The van der Waals surface area contributed by atoms with Crippen molar-refractivity contribution in [2.24, 2.45) is 0 Å². The van der Waals surface area contributed by atoms with Crippen LogP contribution in [0.3, 0.4) is 0 Å². The summed E-state index contributed by atoms with van der Waals surface area (Å²) in [7, 11) is 0. The van der Waals surface area contributed by atoms with Gasteiger partial charge in [0.25, 0.3) is 0 Å². The van der Waals surface area contributed by atoms with Crippen molar-refractivity contribution in [3.05, 3.63) is 0 Å². The average molecular weight is 276 g/mol. The van der Waals surface area contributed by atoms with E-state index >= 15 is 0 Å². The fraction of sp³-hybridized carbons (Fsp3) is 0.727. The Morgan fingerprint density at radius 2 is 2.11 bits per heavy atom. The van der Waals surface area contributed by atoms with Gasteiger partial charge in [-0.1, -0.05) is 6.92 Å². The average Bonchev–Trinajstić information content (AvgIpc) is 2.32. The van der Waals surface area contributed by atoms with Crippen molar-refractivity contribution < 1.29 is 19.5 Å². The third-order valence-corrected chi connectivity index (χ3v) is 3.36. The van der Waals surface area contributed by atoms with Crippen LogP contribution < -0.4 is 10.6 Å². The number of carboxylic acid groups (broad SMARTS) is 1. The molecule has 0 heterocycles. The van der Waals surface area contributed by atoms with Crippen LogP contribution in [0.2, 0.25) is 0 Å². The van der Waals surface area contributed by atoms with Crippen LogP contribution in [0.4, 0.5) is 0 Å². The van der Waals surface area contributed by atoms with Gasteiger partial charge >= 0.3 is 5.97 Å². The number of nitrogens with one attached hydrogen (secondary N) is 2. The molecule has 18 heavy (non-hydrogen) atoms. The van der Waals surface area contributed by atoms with E-state index in [9.17, 15) is 14.4 Å². The van der Waals surface area contributed by atoms with Crippen LogP contribution in [0.15, 0.2) is 0 Å². The summed E-state index contributed by atoms with van der Waals surface area (Å²) in [4.78, 5) is 32.3. The molecule has 0 aromatic rings. The molecule has 2 amide bonds. The van der Waals surface area contributed by atoms with Crippen LogP contribution in [0.1, 0.15) is 26.7 Å². The van der Waals surface area contributed by atoms with E-state index in [0.717, 1.165) is 6.42 Å². The molecule has 0 spiro atoms. The van der Waals surface area contributed by atoms with Crippen molar-refractivity contribution in [3.8, 4) is 0 Å². The summed E-state index contributed by atoms with van der Waals surface area (Å²) >= 11 is 1.35. The molecule has 6 nitrogen and oxygen atoms in total. The summed E-state index contributed by atoms with van der Waals surface area (Å²) in [6.07, 6.45) is 1.55. The lowest BCUT2D eigenvalue weighted by atomic mass is 10.2. The zero-order valence-corrected chi connectivity index (χ0v) is 11.5. The lowest BCUT2D eigenvalue weighted by Crippen LogP contribution is -2.36. The summed E-state index contributed by atoms with van der Waals surface area (Å²) in [6, 6.07) is -0.728. The molecular formula is C11H20N2O4S. The zero-order chi connectivity index (χ0) is 14.0. The van der Waals surface area contributed by atoms with Crippen molar-refractivity contribution in [1.29, 1.82) is 0 Å². The van der Waals surface area contributed by atoms with Crippen molar-refractivity contribution in [3.63, 3.8) is 0 Å². The summed E-state index contributed by atoms with van der Waals surface area (Å²) in [5.74, 6) is -0.305. The lowest BCUT2D eigenvalue weighted by Gasteiger charge is -2.12. The largest absolute Gasteiger partial charge is 0.480 e. The molecular weight excluding hydrogens is 256 g/mol. The van der Waals surface area contributed by atoms with Crippen molar-refractivity contribution in [2.75, 3.05) is 11.5 Å². The standard InChI is InChI=1S/C11H20N2O4S/c1-3-8(2)13-10(15)6-18-5-4-9(11(16)17)12-7-14/h7-9H,3-6H2,1-2H3,(H,12,14)(H,13,15)(H,16,17). The second-order valence-electron chi connectivity index (χ2n) is 3.89. The molecule has 2 unspecified atom stereocenters. The highest BCUT2D eigenvalue weighted by atomic mass is 32.2. The number of aliphatic carboxylic acids is 1. The second-order valence-corrected chi connectivity index (χ2v) is 5.00.